The van der Waals surface area contributed by atoms with Crippen LogP contribution in [0.5, 0.6) is 0 Å². The molecule has 0 aliphatic heterocycles. The summed E-state index contributed by atoms with van der Waals surface area (Å²) in [7, 11) is 0. The Kier molecular flexibility index (Phi) is 6.95. The van der Waals surface area contributed by atoms with Gasteiger partial charge < -0.3 is 4.90 Å². The molecule has 0 bridgehead atoms. The maximum Gasteiger partial charge on any atom is 0.0899 e. The normalized spacial score (nSPS) is 10.8. The first-order chi connectivity index (χ1) is 17.3. The maximum atomic E-state index is 4.95. The standard InChI is InChI=1S/C32H29N3/c1-2-3-22-35(28-14-8-5-9-15-28)29-19-17-25(18-20-29)27-23-31(26-12-6-4-7-13-26)34-32(24-27)30-16-10-11-21-33-30/h4-21,23-24H,2-3,22H2,1H3. The predicted molar refractivity (Wildman–Crippen MR) is 147 cm³/mol. The fourth-order valence-corrected chi connectivity index (χ4v) is 4.26. The van der Waals surface area contributed by atoms with Crippen molar-refractivity contribution in [2.45, 2.75) is 19.8 Å². The second kappa shape index (κ2) is 10.8. The van der Waals surface area contributed by atoms with Crippen molar-refractivity contribution in [1.29, 1.82) is 0 Å². The Morgan fingerprint density at radius 2 is 1.23 bits per heavy atom. The number of pyridine rings is 2. The second-order valence-electron chi connectivity index (χ2n) is 8.59. The lowest BCUT2D eigenvalue weighted by molar-refractivity contribution is 0.786. The van der Waals surface area contributed by atoms with Crippen molar-refractivity contribution in [1.82, 2.24) is 9.97 Å². The number of para-hydroxylation sites is 1. The third kappa shape index (κ3) is 5.30. The van der Waals surface area contributed by atoms with E-state index < -0.39 is 0 Å². The summed E-state index contributed by atoms with van der Waals surface area (Å²) >= 11 is 0. The lowest BCUT2D eigenvalue weighted by atomic mass is 10.0. The van der Waals surface area contributed by atoms with E-state index in [1.165, 1.54) is 11.4 Å². The van der Waals surface area contributed by atoms with E-state index in [2.05, 4.69) is 95.7 Å². The molecule has 0 unspecified atom stereocenters. The molecule has 35 heavy (non-hydrogen) atoms. The smallest absolute Gasteiger partial charge is 0.0899 e. The van der Waals surface area contributed by atoms with Crippen LogP contribution >= 0.6 is 0 Å². The van der Waals surface area contributed by atoms with Gasteiger partial charge in [-0.05, 0) is 66.1 Å². The number of rotatable bonds is 8. The number of hydrogen-bond acceptors (Lipinski definition) is 3. The Hall–Kier alpha value is -4.24. The number of nitrogens with zero attached hydrogens (tertiary/aromatic N) is 3. The van der Waals surface area contributed by atoms with Crippen LogP contribution in [0.1, 0.15) is 19.8 Å². The number of aromatic nitrogens is 2. The third-order valence-electron chi connectivity index (χ3n) is 6.14. The quantitative estimate of drug-likeness (QED) is 0.235. The van der Waals surface area contributed by atoms with Gasteiger partial charge in [-0.25, -0.2) is 4.98 Å². The zero-order chi connectivity index (χ0) is 23.9. The van der Waals surface area contributed by atoms with Crippen molar-refractivity contribution in [3.05, 3.63) is 121 Å². The Labute approximate surface area is 207 Å². The van der Waals surface area contributed by atoms with E-state index in [0.29, 0.717) is 0 Å². The van der Waals surface area contributed by atoms with E-state index in [9.17, 15) is 0 Å². The van der Waals surface area contributed by atoms with Crippen LogP contribution in [-0.4, -0.2) is 16.5 Å². The minimum Gasteiger partial charge on any atom is -0.341 e. The summed E-state index contributed by atoms with van der Waals surface area (Å²) in [6.45, 7) is 3.23. The van der Waals surface area contributed by atoms with E-state index in [-0.39, 0.29) is 0 Å². The van der Waals surface area contributed by atoms with Crippen molar-refractivity contribution < 1.29 is 0 Å². The molecule has 2 aromatic heterocycles. The van der Waals surface area contributed by atoms with Gasteiger partial charge in [-0.3, -0.25) is 4.98 Å². The molecule has 0 aliphatic carbocycles. The Bertz CT molecular complexity index is 1290. The molecule has 3 aromatic carbocycles. The molecule has 0 aliphatic rings. The van der Waals surface area contributed by atoms with Gasteiger partial charge in [0.1, 0.15) is 0 Å². The Morgan fingerprint density at radius 3 is 1.91 bits per heavy atom. The number of anilines is 2. The van der Waals surface area contributed by atoms with E-state index in [0.717, 1.165) is 53.2 Å². The van der Waals surface area contributed by atoms with Crippen LogP contribution in [0, 0.1) is 0 Å². The summed E-state index contributed by atoms with van der Waals surface area (Å²) < 4.78 is 0. The van der Waals surface area contributed by atoms with Crippen LogP contribution in [0.4, 0.5) is 11.4 Å². The molecule has 5 rings (SSSR count). The Morgan fingerprint density at radius 1 is 0.571 bits per heavy atom. The molecule has 0 fully saturated rings. The number of unbranched alkanes of at least 4 members (excludes halogenated alkanes) is 1. The number of benzene rings is 3. The molecule has 5 aromatic rings. The van der Waals surface area contributed by atoms with Gasteiger partial charge in [0.15, 0.2) is 0 Å². The first kappa shape index (κ1) is 22.5. The van der Waals surface area contributed by atoms with Crippen LogP contribution in [0.15, 0.2) is 121 Å². The van der Waals surface area contributed by atoms with Crippen molar-refractivity contribution >= 4 is 11.4 Å². The minimum absolute atomic E-state index is 0.873. The predicted octanol–water partition coefficient (Wildman–Crippen LogP) is 8.42. The lowest BCUT2D eigenvalue weighted by Crippen LogP contribution is -2.18. The molecule has 0 atom stereocenters. The summed E-state index contributed by atoms with van der Waals surface area (Å²) in [5.74, 6) is 0. The molecule has 0 amide bonds. The summed E-state index contributed by atoms with van der Waals surface area (Å²) in [6.07, 6.45) is 4.13. The highest BCUT2D eigenvalue weighted by Gasteiger charge is 2.12. The van der Waals surface area contributed by atoms with Crippen molar-refractivity contribution in [3.63, 3.8) is 0 Å². The molecule has 2 heterocycles. The molecule has 0 saturated heterocycles. The molecule has 3 nitrogen and oxygen atoms in total. The zero-order valence-electron chi connectivity index (χ0n) is 20.0. The first-order valence-corrected chi connectivity index (χ1v) is 12.2. The zero-order valence-corrected chi connectivity index (χ0v) is 20.0. The van der Waals surface area contributed by atoms with Gasteiger partial charge in [0.25, 0.3) is 0 Å². The SMILES string of the molecule is CCCCN(c1ccccc1)c1ccc(-c2cc(-c3ccccc3)nc(-c3ccccn3)c2)cc1. The van der Waals surface area contributed by atoms with E-state index in [1.807, 2.05) is 42.6 Å². The molecule has 172 valence electrons. The average Bonchev–Trinajstić information content (AvgIpc) is 2.95. The van der Waals surface area contributed by atoms with Crippen LogP contribution in [0.3, 0.4) is 0 Å². The molecule has 0 saturated carbocycles. The van der Waals surface area contributed by atoms with E-state index in [4.69, 9.17) is 4.98 Å². The monoisotopic (exact) mass is 455 g/mol. The van der Waals surface area contributed by atoms with Crippen molar-refractivity contribution in [2.24, 2.45) is 0 Å². The minimum atomic E-state index is 0.873. The molecule has 0 radical (unpaired) electrons. The third-order valence-corrected chi connectivity index (χ3v) is 6.14. The van der Waals surface area contributed by atoms with Crippen molar-refractivity contribution in [2.75, 3.05) is 11.4 Å². The topological polar surface area (TPSA) is 29.0 Å². The molecular weight excluding hydrogens is 426 g/mol. The van der Waals surface area contributed by atoms with Gasteiger partial charge in [-0.15, -0.1) is 0 Å². The van der Waals surface area contributed by atoms with E-state index in [1.54, 1.807) is 0 Å². The largest absolute Gasteiger partial charge is 0.341 e. The van der Waals surface area contributed by atoms with Crippen LogP contribution in [0.25, 0.3) is 33.8 Å². The maximum absolute atomic E-state index is 4.95. The lowest BCUT2D eigenvalue weighted by Gasteiger charge is -2.25. The molecule has 0 spiro atoms. The van der Waals surface area contributed by atoms with Crippen molar-refractivity contribution in [3.8, 4) is 33.8 Å². The number of hydrogen-bond donors (Lipinski definition) is 0. The molecular formula is C32H29N3. The summed E-state index contributed by atoms with van der Waals surface area (Å²) in [4.78, 5) is 11.9. The summed E-state index contributed by atoms with van der Waals surface area (Å²) in [5.41, 5.74) is 8.51. The average molecular weight is 456 g/mol. The fraction of sp³-hybridized carbons (Fsp3) is 0.125. The highest BCUT2D eigenvalue weighted by atomic mass is 15.1. The van der Waals surface area contributed by atoms with Gasteiger partial charge in [0.05, 0.1) is 17.1 Å². The Balaban J connectivity index is 1.54. The highest BCUT2D eigenvalue weighted by molar-refractivity contribution is 5.77. The molecule has 0 N–H and O–H groups in total. The van der Waals surface area contributed by atoms with Crippen LogP contribution < -0.4 is 4.90 Å². The van der Waals surface area contributed by atoms with Gasteiger partial charge in [-0.1, -0.05) is 80.1 Å². The van der Waals surface area contributed by atoms with Crippen LogP contribution in [-0.2, 0) is 0 Å². The first-order valence-electron chi connectivity index (χ1n) is 12.2. The summed E-state index contributed by atoms with van der Waals surface area (Å²) in [6, 6.07) is 40.1. The van der Waals surface area contributed by atoms with E-state index >= 15 is 0 Å². The molecule has 3 heteroatoms. The highest BCUT2D eigenvalue weighted by Crippen LogP contribution is 2.32. The van der Waals surface area contributed by atoms with Crippen LogP contribution in [0.2, 0.25) is 0 Å². The van der Waals surface area contributed by atoms with Gasteiger partial charge >= 0.3 is 0 Å². The summed E-state index contributed by atoms with van der Waals surface area (Å²) in [5, 5.41) is 0. The fourth-order valence-electron chi connectivity index (χ4n) is 4.26. The van der Waals surface area contributed by atoms with Gasteiger partial charge in [0, 0.05) is 29.7 Å². The van der Waals surface area contributed by atoms with Gasteiger partial charge in [-0.2, -0.15) is 0 Å². The second-order valence-corrected chi connectivity index (χ2v) is 8.59. The van der Waals surface area contributed by atoms with Gasteiger partial charge in [0.2, 0.25) is 0 Å².